The second-order valence-electron chi connectivity index (χ2n) is 12.3. The summed E-state index contributed by atoms with van der Waals surface area (Å²) in [5.74, 6) is 0.578. The highest BCUT2D eigenvalue weighted by Crippen LogP contribution is 2.37. The van der Waals surface area contributed by atoms with Gasteiger partial charge in [-0.3, -0.25) is 14.3 Å². The number of rotatable bonds is 6. The van der Waals surface area contributed by atoms with Crippen LogP contribution >= 0.6 is 0 Å². The predicted molar refractivity (Wildman–Crippen MR) is 163 cm³/mol. The maximum atomic E-state index is 13.4. The Balaban J connectivity index is 1.08. The van der Waals surface area contributed by atoms with E-state index in [4.69, 9.17) is 4.74 Å². The molecule has 3 aliphatic rings. The van der Waals surface area contributed by atoms with Crippen molar-refractivity contribution >= 4 is 21.8 Å². The number of carbonyl (C=O) groups is 2. The maximum absolute atomic E-state index is 13.4. The number of aryl methyl sites for hydroxylation is 3. The van der Waals surface area contributed by atoms with E-state index in [1.807, 2.05) is 12.1 Å². The highest BCUT2D eigenvalue weighted by Gasteiger charge is 2.41. The van der Waals surface area contributed by atoms with Crippen molar-refractivity contribution in [1.82, 2.24) is 29.6 Å². The van der Waals surface area contributed by atoms with Gasteiger partial charge < -0.3 is 20.3 Å². The lowest BCUT2D eigenvalue weighted by Crippen LogP contribution is -2.51. The summed E-state index contributed by atoms with van der Waals surface area (Å²) in [7, 11) is -2.00. The normalized spacial score (nSPS) is 22.5. The van der Waals surface area contributed by atoms with Gasteiger partial charge in [0, 0.05) is 39.4 Å². The first-order valence-corrected chi connectivity index (χ1v) is 17.1. The summed E-state index contributed by atoms with van der Waals surface area (Å²) in [4.78, 5) is 28.9. The Morgan fingerprint density at radius 3 is 2.70 bits per heavy atom. The summed E-state index contributed by atoms with van der Waals surface area (Å²) < 4.78 is 35.3. The Hall–Kier alpha value is -2.96. The molecule has 2 fully saturated rings. The van der Waals surface area contributed by atoms with E-state index < -0.39 is 10.0 Å². The molecule has 2 N–H and O–H groups in total. The van der Waals surface area contributed by atoms with Gasteiger partial charge in [-0.2, -0.15) is 9.40 Å². The van der Waals surface area contributed by atoms with Crippen LogP contribution in [0.3, 0.4) is 0 Å². The molecule has 0 aliphatic carbocycles. The van der Waals surface area contributed by atoms with Crippen molar-refractivity contribution in [3.8, 4) is 5.75 Å². The molecule has 2 aromatic rings. The number of ether oxygens (including phenoxy) is 1. The number of piperidine rings is 2. The topological polar surface area (TPSA) is 126 Å². The Morgan fingerprint density at radius 2 is 1.93 bits per heavy atom. The first kappa shape index (κ1) is 31.5. The zero-order valence-electron chi connectivity index (χ0n) is 25.5. The van der Waals surface area contributed by atoms with E-state index in [1.165, 1.54) is 20.7 Å². The van der Waals surface area contributed by atoms with Crippen molar-refractivity contribution in [2.24, 2.45) is 18.4 Å². The van der Waals surface area contributed by atoms with E-state index in [0.29, 0.717) is 51.3 Å². The highest BCUT2D eigenvalue weighted by atomic mass is 32.2. The van der Waals surface area contributed by atoms with Crippen LogP contribution in [0.4, 0.5) is 0 Å². The molecule has 1 aromatic carbocycles. The van der Waals surface area contributed by atoms with Gasteiger partial charge in [0.25, 0.3) is 0 Å². The zero-order valence-corrected chi connectivity index (χ0v) is 26.3. The average Bonchev–Trinajstić information content (AvgIpc) is 3.36. The van der Waals surface area contributed by atoms with Crippen LogP contribution in [0, 0.1) is 18.3 Å². The third-order valence-electron chi connectivity index (χ3n) is 9.33. The van der Waals surface area contributed by atoms with Gasteiger partial charge >= 0.3 is 0 Å². The van der Waals surface area contributed by atoms with Crippen LogP contribution in [0.1, 0.15) is 56.2 Å². The molecule has 5 rings (SSSR count). The Morgan fingerprint density at radius 1 is 1.14 bits per heavy atom. The van der Waals surface area contributed by atoms with Crippen molar-refractivity contribution in [2.75, 3.05) is 52.4 Å². The minimum atomic E-state index is -3.70. The van der Waals surface area contributed by atoms with Gasteiger partial charge in [-0.1, -0.05) is 24.6 Å². The molecule has 2 amide bonds. The molecular formula is C31H46N6O5S. The lowest BCUT2D eigenvalue weighted by Gasteiger charge is -2.41. The van der Waals surface area contributed by atoms with Crippen LogP contribution in [0.25, 0.3) is 0 Å². The number of amides is 2. The summed E-state index contributed by atoms with van der Waals surface area (Å²) in [6, 6.07) is 8.16. The van der Waals surface area contributed by atoms with E-state index in [-0.39, 0.29) is 34.6 Å². The van der Waals surface area contributed by atoms with E-state index in [1.54, 1.807) is 14.0 Å². The number of nitrogens with one attached hydrogen (secondary N) is 2. The van der Waals surface area contributed by atoms with Gasteiger partial charge in [0.05, 0.1) is 23.6 Å². The average molecular weight is 615 g/mol. The molecule has 4 heterocycles. The summed E-state index contributed by atoms with van der Waals surface area (Å²) in [6.07, 6.45) is 8.28. The Kier molecular flexibility index (Phi) is 10.1. The van der Waals surface area contributed by atoms with Crippen LogP contribution in [0.5, 0.6) is 5.75 Å². The SMILES string of the molecule is Cc1nn(C)cc1S(=O)(=O)N1CCCC(C(=O)NCCN2CCC3(CCCCc4ccccc4OCCNC3=O)CC2)C1. The molecular weight excluding hydrogens is 568 g/mol. The molecule has 0 saturated carbocycles. The number of fused-ring (bicyclic) bond motifs is 1. The smallest absolute Gasteiger partial charge is 0.246 e. The molecule has 0 radical (unpaired) electrons. The number of carbonyl (C=O) groups excluding carboxylic acids is 2. The third kappa shape index (κ3) is 7.41. The monoisotopic (exact) mass is 614 g/mol. The number of aromatic nitrogens is 2. The fraction of sp³-hybridized carbons (Fsp3) is 0.645. The highest BCUT2D eigenvalue weighted by molar-refractivity contribution is 7.89. The standard InChI is InChI=1S/C31H46N6O5S/c1-24-28(23-35(2)34-24)43(40,41)37-17-7-10-26(22-37)29(38)32-15-20-36-18-13-31(14-19-36)12-6-5-9-25-8-3-4-11-27(25)42-21-16-33-30(31)39/h3-4,8,11,23,26H,5-7,9-10,12-22H2,1-2H3,(H,32,38)(H,33,39). The fourth-order valence-electron chi connectivity index (χ4n) is 6.76. The first-order valence-electron chi connectivity index (χ1n) is 15.7. The van der Waals surface area contributed by atoms with Gasteiger partial charge in [-0.15, -0.1) is 0 Å². The number of sulfonamides is 1. The molecule has 2 saturated heterocycles. The summed E-state index contributed by atoms with van der Waals surface area (Å²) in [5.41, 5.74) is 1.33. The third-order valence-corrected chi connectivity index (χ3v) is 11.3. The minimum absolute atomic E-state index is 0.0984. The molecule has 1 spiro atoms. The van der Waals surface area contributed by atoms with E-state index >= 15 is 0 Å². The summed E-state index contributed by atoms with van der Waals surface area (Å²) >= 11 is 0. The number of benzene rings is 1. The molecule has 1 unspecified atom stereocenters. The number of nitrogens with zero attached hydrogens (tertiary/aromatic N) is 4. The van der Waals surface area contributed by atoms with E-state index in [2.05, 4.69) is 32.8 Å². The maximum Gasteiger partial charge on any atom is 0.246 e. The Bertz CT molecular complexity index is 1380. The van der Waals surface area contributed by atoms with Gasteiger partial charge in [0.1, 0.15) is 17.3 Å². The number of para-hydroxylation sites is 1. The van der Waals surface area contributed by atoms with Crippen molar-refractivity contribution in [3.63, 3.8) is 0 Å². The second-order valence-corrected chi connectivity index (χ2v) is 14.2. The minimum Gasteiger partial charge on any atom is -0.491 e. The van der Waals surface area contributed by atoms with Crippen molar-refractivity contribution in [3.05, 3.63) is 41.7 Å². The molecule has 1 atom stereocenters. The van der Waals surface area contributed by atoms with Gasteiger partial charge in [0.2, 0.25) is 21.8 Å². The number of likely N-dealkylation sites (tertiary alicyclic amines) is 1. The molecule has 236 valence electrons. The molecule has 0 bridgehead atoms. The van der Waals surface area contributed by atoms with Crippen molar-refractivity contribution in [1.29, 1.82) is 0 Å². The number of hydrogen-bond acceptors (Lipinski definition) is 7. The second kappa shape index (κ2) is 13.8. The summed E-state index contributed by atoms with van der Waals surface area (Å²) in [6.45, 7) is 6.05. The van der Waals surface area contributed by atoms with Gasteiger partial charge in [0.15, 0.2) is 0 Å². The fourth-order valence-corrected chi connectivity index (χ4v) is 8.49. The predicted octanol–water partition coefficient (Wildman–Crippen LogP) is 2.25. The molecule has 43 heavy (non-hydrogen) atoms. The lowest BCUT2D eigenvalue weighted by molar-refractivity contribution is -0.134. The van der Waals surface area contributed by atoms with Crippen LogP contribution in [-0.2, 0) is 33.1 Å². The first-order chi connectivity index (χ1) is 20.7. The zero-order chi connectivity index (χ0) is 30.5. The van der Waals surface area contributed by atoms with Crippen molar-refractivity contribution in [2.45, 2.75) is 63.2 Å². The van der Waals surface area contributed by atoms with Gasteiger partial charge in [-0.05, 0) is 76.6 Å². The Labute approximate surface area is 255 Å². The molecule has 1 aromatic heterocycles. The molecule has 3 aliphatic heterocycles. The van der Waals surface area contributed by atoms with Crippen molar-refractivity contribution < 1.29 is 22.7 Å². The van der Waals surface area contributed by atoms with E-state index in [9.17, 15) is 18.0 Å². The van der Waals surface area contributed by atoms with Gasteiger partial charge in [-0.25, -0.2) is 8.42 Å². The quantitative estimate of drug-likeness (QED) is 0.511. The van der Waals surface area contributed by atoms with E-state index in [0.717, 1.165) is 57.4 Å². The largest absolute Gasteiger partial charge is 0.491 e. The van der Waals surface area contributed by atoms with Crippen LogP contribution in [-0.4, -0.2) is 91.6 Å². The summed E-state index contributed by atoms with van der Waals surface area (Å²) in [5, 5.41) is 10.4. The number of hydrogen-bond donors (Lipinski definition) is 2. The lowest BCUT2D eigenvalue weighted by atomic mass is 9.73. The molecule has 11 nitrogen and oxygen atoms in total. The van der Waals surface area contributed by atoms with Crippen LogP contribution in [0.2, 0.25) is 0 Å². The van der Waals surface area contributed by atoms with Crippen LogP contribution < -0.4 is 15.4 Å². The van der Waals surface area contributed by atoms with Crippen LogP contribution in [0.15, 0.2) is 35.4 Å². The molecule has 12 heteroatoms.